The van der Waals surface area contributed by atoms with Gasteiger partial charge in [0.05, 0.1) is 34.6 Å². The lowest BCUT2D eigenvalue weighted by molar-refractivity contribution is -0.128. The van der Waals surface area contributed by atoms with E-state index in [1.54, 1.807) is 11.0 Å². The van der Waals surface area contributed by atoms with Crippen molar-refractivity contribution >= 4 is 40.6 Å². The van der Waals surface area contributed by atoms with Gasteiger partial charge < -0.3 is 29.2 Å². The highest BCUT2D eigenvalue weighted by Gasteiger charge is 2.35. The molecule has 0 radical (unpaired) electrons. The van der Waals surface area contributed by atoms with E-state index in [4.69, 9.17) is 44.5 Å². The van der Waals surface area contributed by atoms with Crippen molar-refractivity contribution < 1.29 is 13.9 Å². The molecule has 1 aromatic heterocycles. The molecular weight excluding hydrogens is 592 g/mol. The lowest BCUT2D eigenvalue weighted by Crippen LogP contribution is -2.56. The molecule has 0 bridgehead atoms. The van der Waals surface area contributed by atoms with Crippen LogP contribution in [0.1, 0.15) is 30.5 Å². The van der Waals surface area contributed by atoms with Crippen LogP contribution in [0.15, 0.2) is 30.4 Å². The predicted octanol–water partition coefficient (Wildman–Crippen LogP) is 4.92. The third-order valence-corrected chi connectivity index (χ3v) is 9.51. The highest BCUT2D eigenvalue weighted by Crippen LogP contribution is 2.37. The van der Waals surface area contributed by atoms with Gasteiger partial charge in [0, 0.05) is 43.9 Å². The summed E-state index contributed by atoms with van der Waals surface area (Å²) in [6, 6.07) is 6.18. The average molecular weight is 631 g/mol. The van der Waals surface area contributed by atoms with E-state index in [-0.39, 0.29) is 18.5 Å². The van der Waals surface area contributed by atoms with Gasteiger partial charge in [-0.15, -0.1) is 0 Å². The van der Waals surface area contributed by atoms with E-state index in [1.807, 2.05) is 12.1 Å². The number of halogens is 3. The summed E-state index contributed by atoms with van der Waals surface area (Å²) in [4.78, 5) is 34.4. The van der Waals surface area contributed by atoms with Gasteiger partial charge in [-0.25, -0.2) is 11.0 Å². The number of ether oxygens (including phenoxy) is 1. The number of anilines is 2. The van der Waals surface area contributed by atoms with Crippen molar-refractivity contribution in [2.75, 3.05) is 69.9 Å². The Morgan fingerprint density at radius 2 is 2.05 bits per heavy atom. The molecule has 2 aliphatic heterocycles. The van der Waals surface area contributed by atoms with Crippen molar-refractivity contribution in [1.29, 1.82) is 0 Å². The number of carbonyl (C=O) groups excluding carboxylic acids is 1. The molecule has 3 atom stereocenters. The zero-order valence-corrected chi connectivity index (χ0v) is 26.2. The molecule has 2 fully saturated rings. The van der Waals surface area contributed by atoms with E-state index in [0.29, 0.717) is 73.8 Å². The molecule has 5 rings (SSSR count). The van der Waals surface area contributed by atoms with Gasteiger partial charge in [-0.1, -0.05) is 29.3 Å². The number of allylic oxidation sites excluding steroid dienone is 1. The van der Waals surface area contributed by atoms with Crippen LogP contribution in [0, 0.1) is 12.5 Å². The van der Waals surface area contributed by atoms with Crippen LogP contribution in [-0.4, -0.2) is 97.9 Å². The van der Waals surface area contributed by atoms with Crippen molar-refractivity contribution in [1.82, 2.24) is 19.8 Å². The van der Waals surface area contributed by atoms with Gasteiger partial charge >= 0.3 is 6.01 Å². The molecule has 1 saturated heterocycles. The minimum absolute atomic E-state index is 0.151. The standard InChI is InChI=1S/C31H38Cl2FN7O2/c1-35-17-23-18-40(14-15-41(23)28(42)8-5-12-34)30-24-11-13-39(27-7-4-6-25(32)29(27)33)19-26(24)36-31(37-30)43-20-21-9-10-22(16-21)38(2)3/h4-8,21-23H,9-20H2,2-3H3/b8-5+/t21-,22-,23-/m0/s1. The van der Waals surface area contributed by atoms with Crippen LogP contribution in [0.3, 0.4) is 0 Å². The fourth-order valence-corrected chi connectivity index (χ4v) is 6.77. The fraction of sp³-hybridized carbons (Fsp3) is 0.548. The maximum Gasteiger partial charge on any atom is 0.318 e. The molecular formula is C31H38Cl2FN7O2. The van der Waals surface area contributed by atoms with Crippen LogP contribution >= 0.6 is 23.2 Å². The van der Waals surface area contributed by atoms with Crippen molar-refractivity contribution in [2.45, 2.75) is 44.3 Å². The Bertz CT molecular complexity index is 1380. The minimum Gasteiger partial charge on any atom is -0.463 e. The molecule has 0 spiro atoms. The number of rotatable bonds is 9. The second-order valence-corrected chi connectivity index (χ2v) is 12.4. The highest BCUT2D eigenvalue weighted by molar-refractivity contribution is 6.43. The molecule has 230 valence electrons. The smallest absolute Gasteiger partial charge is 0.318 e. The first kappa shape index (κ1) is 31.3. The van der Waals surface area contributed by atoms with Gasteiger partial charge in [-0.05, 0) is 63.9 Å². The van der Waals surface area contributed by atoms with Gasteiger partial charge in [0.2, 0.25) is 12.5 Å². The Kier molecular flexibility index (Phi) is 10.3. The SMILES string of the molecule is [C-]#[N+]C[C@H]1CN(c2nc(OC[C@H]3CC[C@H](N(C)C)C3)nc3c2CCN(c2cccc(Cl)c2Cl)C3)CCN1C(=O)/C=C/CF. The molecule has 2 aromatic rings. The summed E-state index contributed by atoms with van der Waals surface area (Å²) in [7, 11) is 4.24. The minimum atomic E-state index is -0.705. The van der Waals surface area contributed by atoms with Crippen LogP contribution < -0.4 is 14.5 Å². The first-order chi connectivity index (χ1) is 20.8. The van der Waals surface area contributed by atoms with Crippen LogP contribution in [0.4, 0.5) is 15.9 Å². The number of hydrogen-bond donors (Lipinski definition) is 0. The van der Waals surface area contributed by atoms with Crippen LogP contribution in [-0.2, 0) is 17.8 Å². The van der Waals surface area contributed by atoms with Crippen LogP contribution in [0.25, 0.3) is 4.85 Å². The first-order valence-corrected chi connectivity index (χ1v) is 15.5. The van der Waals surface area contributed by atoms with Crippen LogP contribution in [0.2, 0.25) is 10.0 Å². The number of alkyl halides is 1. The molecule has 3 heterocycles. The number of aromatic nitrogens is 2. The van der Waals surface area contributed by atoms with Gasteiger partial charge in [-0.3, -0.25) is 4.79 Å². The van der Waals surface area contributed by atoms with Gasteiger partial charge in [-0.2, -0.15) is 9.97 Å². The lowest BCUT2D eigenvalue weighted by atomic mass is 10.0. The molecule has 0 N–H and O–H groups in total. The Morgan fingerprint density at radius 3 is 2.79 bits per heavy atom. The molecule has 9 nitrogen and oxygen atoms in total. The molecule has 1 amide bonds. The van der Waals surface area contributed by atoms with Gasteiger partial charge in [0.15, 0.2) is 0 Å². The van der Waals surface area contributed by atoms with Crippen molar-refractivity contribution in [2.24, 2.45) is 5.92 Å². The molecule has 3 aliphatic rings. The zero-order valence-electron chi connectivity index (χ0n) is 24.7. The quantitative estimate of drug-likeness (QED) is 0.288. The first-order valence-electron chi connectivity index (χ1n) is 14.8. The number of nitrogens with zero attached hydrogens (tertiary/aromatic N) is 7. The molecule has 12 heteroatoms. The summed E-state index contributed by atoms with van der Waals surface area (Å²) in [5.41, 5.74) is 2.76. The molecule has 1 aliphatic carbocycles. The third-order valence-electron chi connectivity index (χ3n) is 8.70. The summed E-state index contributed by atoms with van der Waals surface area (Å²) in [5.74, 6) is 0.948. The fourth-order valence-electron chi connectivity index (χ4n) is 6.36. The summed E-state index contributed by atoms with van der Waals surface area (Å²) < 4.78 is 19.0. The van der Waals surface area contributed by atoms with Gasteiger partial charge in [0.25, 0.3) is 0 Å². The van der Waals surface area contributed by atoms with E-state index in [9.17, 15) is 9.18 Å². The van der Waals surface area contributed by atoms with E-state index in [0.717, 1.165) is 42.0 Å². The number of fused-ring (bicyclic) bond motifs is 1. The Hall–Kier alpha value is -3.13. The normalized spacial score (nSPS) is 22.3. The second-order valence-electron chi connectivity index (χ2n) is 11.6. The molecule has 43 heavy (non-hydrogen) atoms. The highest BCUT2D eigenvalue weighted by atomic mass is 35.5. The lowest BCUT2D eigenvalue weighted by Gasteiger charge is -2.41. The second kappa shape index (κ2) is 14.1. The largest absolute Gasteiger partial charge is 0.463 e. The third kappa shape index (κ3) is 7.17. The summed E-state index contributed by atoms with van der Waals surface area (Å²) >= 11 is 12.9. The molecule has 1 saturated carbocycles. The molecule has 0 unspecified atom stereocenters. The summed E-state index contributed by atoms with van der Waals surface area (Å²) in [6.07, 6.45) is 6.48. The summed E-state index contributed by atoms with van der Waals surface area (Å²) in [5, 5.41) is 1.02. The number of carbonyl (C=O) groups is 1. The van der Waals surface area contributed by atoms with Crippen molar-refractivity contribution in [3.8, 4) is 6.01 Å². The Labute approximate surface area is 263 Å². The van der Waals surface area contributed by atoms with Crippen molar-refractivity contribution in [3.05, 3.63) is 63.1 Å². The van der Waals surface area contributed by atoms with Crippen molar-refractivity contribution in [3.63, 3.8) is 0 Å². The maximum atomic E-state index is 12.7. The van der Waals surface area contributed by atoms with E-state index in [1.165, 1.54) is 12.2 Å². The molecule has 1 aromatic carbocycles. The zero-order chi connectivity index (χ0) is 30.5. The van der Waals surface area contributed by atoms with E-state index >= 15 is 0 Å². The van der Waals surface area contributed by atoms with E-state index in [2.05, 4.69) is 33.6 Å². The average Bonchev–Trinajstić information content (AvgIpc) is 3.49. The number of amides is 1. The predicted molar refractivity (Wildman–Crippen MR) is 168 cm³/mol. The monoisotopic (exact) mass is 629 g/mol. The number of piperazine rings is 1. The van der Waals surface area contributed by atoms with Gasteiger partial charge in [0.1, 0.15) is 18.5 Å². The number of hydrogen-bond acceptors (Lipinski definition) is 7. The maximum absolute atomic E-state index is 12.7. The Balaban J connectivity index is 1.42. The van der Waals surface area contributed by atoms with E-state index < -0.39 is 6.67 Å². The number of benzene rings is 1. The topological polar surface area (TPSA) is 69.4 Å². The Morgan fingerprint density at radius 1 is 1.21 bits per heavy atom. The summed E-state index contributed by atoms with van der Waals surface area (Å²) in [6.45, 7) is 10.1. The van der Waals surface area contributed by atoms with Crippen LogP contribution in [0.5, 0.6) is 6.01 Å².